The summed E-state index contributed by atoms with van der Waals surface area (Å²) >= 11 is 0. The molecule has 0 radical (unpaired) electrons. The van der Waals surface area contributed by atoms with E-state index in [0.717, 1.165) is 30.5 Å². The smallest absolute Gasteiger partial charge is 0.127 e. The Balaban J connectivity index is 0.00000220. The average Bonchev–Trinajstić information content (AvgIpc) is 2.50. The number of benzene rings is 1. The van der Waals surface area contributed by atoms with E-state index < -0.39 is 0 Å². The molecule has 4 nitrogen and oxygen atoms in total. The molecular formula is C16H27ClN2O2. The maximum Gasteiger partial charge on any atom is 0.127 e. The molecule has 1 saturated heterocycles. The van der Waals surface area contributed by atoms with Crippen molar-refractivity contribution in [3.8, 4) is 11.5 Å². The number of ether oxygens (including phenoxy) is 2. The second-order valence-electron chi connectivity index (χ2n) is 5.45. The van der Waals surface area contributed by atoms with Crippen LogP contribution in [0.15, 0.2) is 18.2 Å². The van der Waals surface area contributed by atoms with E-state index in [0.29, 0.717) is 0 Å². The Morgan fingerprint density at radius 2 is 1.90 bits per heavy atom. The minimum atomic E-state index is 0. The van der Waals surface area contributed by atoms with Gasteiger partial charge in [0, 0.05) is 18.2 Å². The predicted octanol–water partition coefficient (Wildman–Crippen LogP) is 2.56. The third kappa shape index (κ3) is 5.06. The molecule has 1 aliphatic rings. The van der Waals surface area contributed by atoms with E-state index in [-0.39, 0.29) is 12.4 Å². The Kier molecular flexibility index (Phi) is 7.86. The lowest BCUT2D eigenvalue weighted by molar-refractivity contribution is 0.175. The molecule has 0 aliphatic carbocycles. The monoisotopic (exact) mass is 314 g/mol. The van der Waals surface area contributed by atoms with Crippen molar-refractivity contribution >= 4 is 12.4 Å². The maximum absolute atomic E-state index is 5.47. The summed E-state index contributed by atoms with van der Waals surface area (Å²) in [4.78, 5) is 2.51. The third-order valence-corrected chi connectivity index (χ3v) is 4.09. The fraction of sp³-hybridized carbons (Fsp3) is 0.625. The van der Waals surface area contributed by atoms with Crippen LogP contribution in [0.5, 0.6) is 11.5 Å². The van der Waals surface area contributed by atoms with Gasteiger partial charge in [-0.05, 0) is 51.5 Å². The van der Waals surface area contributed by atoms with E-state index >= 15 is 0 Å². The zero-order valence-corrected chi connectivity index (χ0v) is 14.0. The van der Waals surface area contributed by atoms with E-state index in [1.807, 2.05) is 19.2 Å². The standard InChI is InChI=1S/C16H26N2O2.ClH/c1-17-11-13-6-8-18(9-7-13)12-14-4-5-15(19-2)10-16(14)20-3;/h4-5,10,13,17H,6-9,11-12H2,1-3H3;1H. The second-order valence-corrected chi connectivity index (χ2v) is 5.45. The summed E-state index contributed by atoms with van der Waals surface area (Å²) in [5, 5.41) is 3.28. The number of likely N-dealkylation sites (tertiary alicyclic amines) is 1. The summed E-state index contributed by atoms with van der Waals surface area (Å²) in [5.41, 5.74) is 1.24. The SMILES string of the molecule is CNCC1CCN(Cc2ccc(OC)cc2OC)CC1.Cl. The van der Waals surface area contributed by atoms with Crippen molar-refractivity contribution in [2.45, 2.75) is 19.4 Å². The summed E-state index contributed by atoms with van der Waals surface area (Å²) in [7, 11) is 5.44. The lowest BCUT2D eigenvalue weighted by Crippen LogP contribution is -2.36. The van der Waals surface area contributed by atoms with Crippen molar-refractivity contribution in [3.05, 3.63) is 23.8 Å². The van der Waals surface area contributed by atoms with Gasteiger partial charge in [0.2, 0.25) is 0 Å². The summed E-state index contributed by atoms with van der Waals surface area (Å²) in [6.07, 6.45) is 2.55. The van der Waals surface area contributed by atoms with E-state index in [2.05, 4.69) is 16.3 Å². The molecule has 0 unspecified atom stereocenters. The normalized spacial score (nSPS) is 16.3. The first-order valence-corrected chi connectivity index (χ1v) is 7.34. The van der Waals surface area contributed by atoms with E-state index in [4.69, 9.17) is 9.47 Å². The van der Waals surface area contributed by atoms with Crippen molar-refractivity contribution in [3.63, 3.8) is 0 Å². The lowest BCUT2D eigenvalue weighted by atomic mass is 9.96. The Morgan fingerprint density at radius 3 is 2.48 bits per heavy atom. The van der Waals surface area contributed by atoms with Crippen molar-refractivity contribution in [2.24, 2.45) is 5.92 Å². The van der Waals surface area contributed by atoms with Crippen LogP contribution in [0.2, 0.25) is 0 Å². The number of nitrogens with zero attached hydrogens (tertiary/aromatic N) is 1. The number of halogens is 1. The van der Waals surface area contributed by atoms with Gasteiger partial charge in [-0.25, -0.2) is 0 Å². The van der Waals surface area contributed by atoms with Crippen molar-refractivity contribution in [1.29, 1.82) is 0 Å². The fourth-order valence-corrected chi connectivity index (χ4v) is 2.86. The fourth-order valence-electron chi connectivity index (χ4n) is 2.86. The first-order chi connectivity index (χ1) is 9.76. The van der Waals surface area contributed by atoms with Gasteiger partial charge in [0.15, 0.2) is 0 Å². The van der Waals surface area contributed by atoms with Crippen LogP contribution in [-0.4, -0.2) is 45.8 Å². The quantitative estimate of drug-likeness (QED) is 0.875. The second kappa shape index (κ2) is 9.13. The molecule has 0 atom stereocenters. The molecule has 1 aliphatic heterocycles. The van der Waals surface area contributed by atoms with Gasteiger partial charge in [-0.2, -0.15) is 0 Å². The van der Waals surface area contributed by atoms with Gasteiger partial charge in [0.1, 0.15) is 11.5 Å². The van der Waals surface area contributed by atoms with Gasteiger partial charge < -0.3 is 14.8 Å². The zero-order chi connectivity index (χ0) is 14.4. The van der Waals surface area contributed by atoms with Gasteiger partial charge >= 0.3 is 0 Å². The van der Waals surface area contributed by atoms with Crippen LogP contribution >= 0.6 is 12.4 Å². The summed E-state index contributed by atoms with van der Waals surface area (Å²) < 4.78 is 10.7. The van der Waals surface area contributed by atoms with Gasteiger partial charge in [-0.1, -0.05) is 6.07 Å². The molecule has 0 aromatic heterocycles. The Bertz CT molecular complexity index is 421. The largest absolute Gasteiger partial charge is 0.497 e. The topological polar surface area (TPSA) is 33.7 Å². The molecular weight excluding hydrogens is 288 g/mol. The summed E-state index contributed by atoms with van der Waals surface area (Å²) in [5.74, 6) is 2.59. The molecule has 0 spiro atoms. The van der Waals surface area contributed by atoms with Gasteiger partial charge in [0.25, 0.3) is 0 Å². The highest BCUT2D eigenvalue weighted by Gasteiger charge is 2.19. The lowest BCUT2D eigenvalue weighted by Gasteiger charge is -2.32. The molecule has 1 fully saturated rings. The molecule has 0 saturated carbocycles. The Morgan fingerprint density at radius 1 is 1.19 bits per heavy atom. The van der Waals surface area contributed by atoms with Crippen LogP contribution in [0.3, 0.4) is 0 Å². The molecule has 2 rings (SSSR count). The zero-order valence-electron chi connectivity index (χ0n) is 13.2. The van der Waals surface area contributed by atoms with Crippen LogP contribution in [-0.2, 0) is 6.54 Å². The minimum Gasteiger partial charge on any atom is -0.497 e. The number of rotatable bonds is 6. The third-order valence-electron chi connectivity index (χ3n) is 4.09. The van der Waals surface area contributed by atoms with Crippen LogP contribution in [0.4, 0.5) is 0 Å². The number of methoxy groups -OCH3 is 2. The number of nitrogens with one attached hydrogen (secondary N) is 1. The first kappa shape index (κ1) is 18.1. The van der Waals surface area contributed by atoms with Gasteiger partial charge in [-0.15, -0.1) is 12.4 Å². The molecule has 0 amide bonds. The maximum atomic E-state index is 5.47. The van der Waals surface area contributed by atoms with Crippen molar-refractivity contribution < 1.29 is 9.47 Å². The average molecular weight is 315 g/mol. The highest BCUT2D eigenvalue weighted by atomic mass is 35.5. The van der Waals surface area contributed by atoms with Crippen molar-refractivity contribution in [1.82, 2.24) is 10.2 Å². The number of piperidine rings is 1. The van der Waals surface area contributed by atoms with Crippen LogP contribution in [0.25, 0.3) is 0 Å². The molecule has 1 aromatic carbocycles. The molecule has 0 bridgehead atoms. The van der Waals surface area contributed by atoms with Crippen LogP contribution in [0.1, 0.15) is 18.4 Å². The highest BCUT2D eigenvalue weighted by Crippen LogP contribution is 2.27. The number of hydrogen-bond donors (Lipinski definition) is 1. The number of hydrogen-bond acceptors (Lipinski definition) is 4. The van der Waals surface area contributed by atoms with Crippen LogP contribution in [0, 0.1) is 5.92 Å². The van der Waals surface area contributed by atoms with E-state index in [1.165, 1.54) is 31.5 Å². The molecule has 1 heterocycles. The predicted molar refractivity (Wildman–Crippen MR) is 88.7 cm³/mol. The summed E-state index contributed by atoms with van der Waals surface area (Å²) in [6, 6.07) is 6.08. The minimum absolute atomic E-state index is 0. The van der Waals surface area contributed by atoms with Crippen LogP contribution < -0.4 is 14.8 Å². The first-order valence-electron chi connectivity index (χ1n) is 7.34. The molecule has 1 aromatic rings. The molecule has 1 N–H and O–H groups in total. The molecule has 120 valence electrons. The highest BCUT2D eigenvalue weighted by molar-refractivity contribution is 5.85. The molecule has 21 heavy (non-hydrogen) atoms. The van der Waals surface area contributed by atoms with Gasteiger partial charge in [0.05, 0.1) is 14.2 Å². The Hall–Kier alpha value is -0.970. The van der Waals surface area contributed by atoms with Crippen molar-refractivity contribution in [2.75, 3.05) is 40.9 Å². The van der Waals surface area contributed by atoms with E-state index in [1.54, 1.807) is 14.2 Å². The summed E-state index contributed by atoms with van der Waals surface area (Å²) in [6.45, 7) is 4.43. The van der Waals surface area contributed by atoms with E-state index in [9.17, 15) is 0 Å². The molecule has 5 heteroatoms. The van der Waals surface area contributed by atoms with Gasteiger partial charge in [-0.3, -0.25) is 4.90 Å². The Labute approximate surface area is 134 Å².